The predicted molar refractivity (Wildman–Crippen MR) is 49.1 cm³/mol. The first-order chi connectivity index (χ1) is 6.33. The van der Waals surface area contributed by atoms with Gasteiger partial charge in [0.1, 0.15) is 0 Å². The molecule has 0 atom stereocenters. The van der Waals surface area contributed by atoms with Crippen molar-refractivity contribution in [3.8, 4) is 0 Å². The summed E-state index contributed by atoms with van der Waals surface area (Å²) in [6.07, 6.45) is 4.41. The van der Waals surface area contributed by atoms with Crippen LogP contribution in [0.4, 0.5) is 0 Å². The number of rotatable bonds is 1. The maximum absolute atomic E-state index is 11.4. The average Bonchev–Trinajstić information content (AvgIpc) is 2.60. The molecular formula is C10H15NO2. The summed E-state index contributed by atoms with van der Waals surface area (Å²) in [6, 6.07) is 0. The maximum Gasteiger partial charge on any atom is 0.335 e. The van der Waals surface area contributed by atoms with Crippen LogP contribution in [-0.4, -0.2) is 31.1 Å². The van der Waals surface area contributed by atoms with Gasteiger partial charge in [-0.05, 0) is 25.7 Å². The Morgan fingerprint density at radius 1 is 1.31 bits per heavy atom. The van der Waals surface area contributed by atoms with Gasteiger partial charge in [0.25, 0.3) is 0 Å². The zero-order valence-electron chi connectivity index (χ0n) is 8.01. The van der Waals surface area contributed by atoms with Crippen LogP contribution in [0.3, 0.4) is 0 Å². The van der Waals surface area contributed by atoms with Crippen LogP contribution in [0.25, 0.3) is 0 Å². The molecular weight excluding hydrogens is 166 g/mol. The van der Waals surface area contributed by atoms with Gasteiger partial charge in [0.15, 0.2) is 0 Å². The van der Waals surface area contributed by atoms with Crippen molar-refractivity contribution in [2.24, 2.45) is 0 Å². The topological polar surface area (TPSA) is 29.5 Å². The fraction of sp³-hybridized carbons (Fsp3) is 0.700. The van der Waals surface area contributed by atoms with Crippen molar-refractivity contribution in [2.45, 2.75) is 25.7 Å². The molecule has 1 fully saturated rings. The number of hydrogen-bond donors (Lipinski definition) is 0. The van der Waals surface area contributed by atoms with Crippen molar-refractivity contribution < 1.29 is 9.53 Å². The Balaban J connectivity index is 2.20. The standard InChI is InChI=1S/C10H15NO2/c1-13-10(12)8-5-7-11-6-3-2-4-9(8)11/h2-7H2,1H3. The van der Waals surface area contributed by atoms with E-state index in [1.165, 1.54) is 25.6 Å². The molecule has 1 saturated heterocycles. The second-order valence-corrected chi connectivity index (χ2v) is 3.61. The number of methoxy groups -OCH3 is 1. The predicted octanol–water partition coefficient (Wildman–Crippen LogP) is 1.30. The van der Waals surface area contributed by atoms with Crippen LogP contribution in [0, 0.1) is 0 Å². The van der Waals surface area contributed by atoms with Gasteiger partial charge in [-0.1, -0.05) is 0 Å². The maximum atomic E-state index is 11.4. The molecule has 0 spiro atoms. The van der Waals surface area contributed by atoms with Gasteiger partial charge in [0, 0.05) is 18.8 Å². The lowest BCUT2D eigenvalue weighted by Crippen LogP contribution is -2.25. The normalized spacial score (nSPS) is 21.8. The van der Waals surface area contributed by atoms with Crippen LogP contribution in [-0.2, 0) is 9.53 Å². The molecule has 0 bridgehead atoms. The summed E-state index contributed by atoms with van der Waals surface area (Å²) >= 11 is 0. The Kier molecular flexibility index (Phi) is 2.25. The number of ether oxygens (including phenoxy) is 1. The van der Waals surface area contributed by atoms with Gasteiger partial charge in [-0.25, -0.2) is 4.79 Å². The number of hydrogen-bond acceptors (Lipinski definition) is 3. The smallest absolute Gasteiger partial charge is 0.335 e. The van der Waals surface area contributed by atoms with E-state index in [0.29, 0.717) is 0 Å². The minimum atomic E-state index is -0.126. The third kappa shape index (κ3) is 1.43. The van der Waals surface area contributed by atoms with Gasteiger partial charge >= 0.3 is 5.97 Å². The monoisotopic (exact) mass is 181 g/mol. The minimum absolute atomic E-state index is 0.126. The van der Waals surface area contributed by atoms with E-state index >= 15 is 0 Å². The van der Waals surface area contributed by atoms with E-state index in [1.807, 2.05) is 0 Å². The Bertz CT molecular complexity index is 258. The van der Waals surface area contributed by atoms with Crippen LogP contribution >= 0.6 is 0 Å². The number of nitrogens with zero attached hydrogens (tertiary/aromatic N) is 1. The molecule has 0 aromatic heterocycles. The first-order valence-electron chi connectivity index (χ1n) is 4.88. The first kappa shape index (κ1) is 8.60. The van der Waals surface area contributed by atoms with Crippen molar-refractivity contribution in [3.63, 3.8) is 0 Å². The summed E-state index contributed by atoms with van der Waals surface area (Å²) in [5.41, 5.74) is 2.17. The number of carbonyl (C=O) groups is 1. The van der Waals surface area contributed by atoms with Crippen LogP contribution in [0.15, 0.2) is 11.3 Å². The summed E-state index contributed by atoms with van der Waals surface area (Å²) < 4.78 is 4.76. The van der Waals surface area contributed by atoms with E-state index in [0.717, 1.165) is 31.5 Å². The highest BCUT2D eigenvalue weighted by Gasteiger charge is 2.28. The zero-order valence-corrected chi connectivity index (χ0v) is 8.01. The van der Waals surface area contributed by atoms with Gasteiger partial charge in [0.2, 0.25) is 0 Å². The fourth-order valence-electron chi connectivity index (χ4n) is 2.21. The molecule has 0 aromatic carbocycles. The second-order valence-electron chi connectivity index (χ2n) is 3.61. The van der Waals surface area contributed by atoms with Gasteiger partial charge in [-0.2, -0.15) is 0 Å². The molecule has 72 valence electrons. The third-order valence-electron chi connectivity index (χ3n) is 2.89. The SMILES string of the molecule is COC(=O)C1=C2CCCCN2CC1. The Hall–Kier alpha value is -0.990. The molecule has 3 nitrogen and oxygen atoms in total. The molecule has 2 rings (SSSR count). The average molecular weight is 181 g/mol. The third-order valence-corrected chi connectivity index (χ3v) is 2.89. The Labute approximate surface area is 78.4 Å². The number of esters is 1. The van der Waals surface area contributed by atoms with Crippen molar-refractivity contribution >= 4 is 5.97 Å². The van der Waals surface area contributed by atoms with Gasteiger partial charge in [0.05, 0.1) is 12.7 Å². The molecule has 2 aliphatic rings. The fourth-order valence-corrected chi connectivity index (χ4v) is 2.21. The lowest BCUT2D eigenvalue weighted by molar-refractivity contribution is -0.136. The molecule has 0 N–H and O–H groups in total. The second kappa shape index (κ2) is 3.40. The number of fused-ring (bicyclic) bond motifs is 1. The lowest BCUT2D eigenvalue weighted by Gasteiger charge is -2.27. The Morgan fingerprint density at radius 2 is 2.15 bits per heavy atom. The molecule has 3 heteroatoms. The van der Waals surface area contributed by atoms with Gasteiger partial charge < -0.3 is 9.64 Å². The zero-order chi connectivity index (χ0) is 9.26. The van der Waals surface area contributed by atoms with Crippen molar-refractivity contribution in [1.82, 2.24) is 4.90 Å². The summed E-state index contributed by atoms with van der Waals surface area (Å²) in [5, 5.41) is 0. The van der Waals surface area contributed by atoms with Crippen molar-refractivity contribution in [3.05, 3.63) is 11.3 Å². The van der Waals surface area contributed by atoms with E-state index in [2.05, 4.69) is 4.90 Å². The molecule has 0 radical (unpaired) electrons. The van der Waals surface area contributed by atoms with Gasteiger partial charge in [-0.3, -0.25) is 0 Å². The number of carbonyl (C=O) groups excluding carboxylic acids is 1. The Morgan fingerprint density at radius 3 is 2.92 bits per heavy atom. The molecule has 2 aliphatic heterocycles. The molecule has 0 unspecified atom stereocenters. The van der Waals surface area contributed by atoms with E-state index in [-0.39, 0.29) is 5.97 Å². The number of piperidine rings is 1. The van der Waals surface area contributed by atoms with E-state index < -0.39 is 0 Å². The molecule has 0 aliphatic carbocycles. The first-order valence-corrected chi connectivity index (χ1v) is 4.88. The van der Waals surface area contributed by atoms with E-state index in [4.69, 9.17) is 4.74 Å². The summed E-state index contributed by atoms with van der Waals surface area (Å²) in [4.78, 5) is 13.7. The van der Waals surface area contributed by atoms with Crippen LogP contribution in [0.5, 0.6) is 0 Å². The van der Waals surface area contributed by atoms with Crippen LogP contribution in [0.2, 0.25) is 0 Å². The van der Waals surface area contributed by atoms with E-state index in [9.17, 15) is 4.79 Å². The summed E-state index contributed by atoms with van der Waals surface area (Å²) in [6.45, 7) is 2.13. The van der Waals surface area contributed by atoms with Gasteiger partial charge in [-0.15, -0.1) is 0 Å². The number of allylic oxidation sites excluding steroid dienone is 1. The van der Waals surface area contributed by atoms with Crippen LogP contribution in [0.1, 0.15) is 25.7 Å². The summed E-state index contributed by atoms with van der Waals surface area (Å²) in [7, 11) is 1.46. The van der Waals surface area contributed by atoms with Crippen LogP contribution < -0.4 is 0 Å². The quantitative estimate of drug-likeness (QED) is 0.571. The summed E-state index contributed by atoms with van der Waals surface area (Å²) in [5.74, 6) is -0.126. The van der Waals surface area contributed by atoms with Crippen molar-refractivity contribution in [1.29, 1.82) is 0 Å². The highest BCUT2D eigenvalue weighted by molar-refractivity contribution is 5.89. The minimum Gasteiger partial charge on any atom is -0.466 e. The molecule has 0 amide bonds. The highest BCUT2D eigenvalue weighted by atomic mass is 16.5. The molecule has 0 aromatic rings. The highest BCUT2D eigenvalue weighted by Crippen LogP contribution is 2.31. The molecule has 2 heterocycles. The van der Waals surface area contributed by atoms with Crippen molar-refractivity contribution in [2.75, 3.05) is 20.2 Å². The largest absolute Gasteiger partial charge is 0.466 e. The molecule has 13 heavy (non-hydrogen) atoms. The lowest BCUT2D eigenvalue weighted by atomic mass is 10.1. The molecule has 0 saturated carbocycles. The van der Waals surface area contributed by atoms with E-state index in [1.54, 1.807) is 0 Å².